The van der Waals surface area contributed by atoms with Gasteiger partial charge < -0.3 is 10.1 Å². The van der Waals surface area contributed by atoms with E-state index >= 15 is 0 Å². The van der Waals surface area contributed by atoms with E-state index in [-0.39, 0.29) is 11.7 Å². The molecule has 1 atom stereocenters. The number of rotatable bonds is 5. The van der Waals surface area contributed by atoms with E-state index in [2.05, 4.69) is 15.5 Å². The molecule has 0 aromatic carbocycles. The first-order valence-electron chi connectivity index (χ1n) is 5.52. The highest BCUT2D eigenvalue weighted by molar-refractivity contribution is 5.78. The summed E-state index contributed by atoms with van der Waals surface area (Å²) in [5, 5.41) is 8.12. The molecule has 8 nitrogen and oxygen atoms in total. The van der Waals surface area contributed by atoms with Crippen molar-refractivity contribution in [2.45, 2.75) is 26.8 Å². The van der Waals surface area contributed by atoms with Gasteiger partial charge in [0.05, 0.1) is 6.61 Å². The molecule has 0 amide bonds. The number of aromatic nitrogens is 3. The predicted molar refractivity (Wildman–Crippen MR) is 64.4 cm³/mol. The summed E-state index contributed by atoms with van der Waals surface area (Å²) in [5.74, 6) is -0.393. The summed E-state index contributed by atoms with van der Waals surface area (Å²) in [6.45, 7) is 5.67. The van der Waals surface area contributed by atoms with Crippen molar-refractivity contribution in [1.29, 1.82) is 0 Å². The maximum absolute atomic E-state index is 11.5. The van der Waals surface area contributed by atoms with E-state index < -0.39 is 23.3 Å². The van der Waals surface area contributed by atoms with Crippen LogP contribution in [0.3, 0.4) is 0 Å². The maximum atomic E-state index is 11.5. The van der Waals surface area contributed by atoms with E-state index in [4.69, 9.17) is 4.74 Å². The smallest absolute Gasteiger partial charge is 0.342 e. The van der Waals surface area contributed by atoms with E-state index in [1.807, 2.05) is 18.8 Å². The largest absolute Gasteiger partial charge is 0.464 e. The molecule has 0 spiro atoms. The second-order valence-corrected chi connectivity index (χ2v) is 4.25. The predicted octanol–water partition coefficient (Wildman–Crippen LogP) is -0.542. The number of nitrogens with zero attached hydrogens (tertiary/aromatic N) is 1. The minimum Gasteiger partial charge on any atom is -0.464 e. The van der Waals surface area contributed by atoms with E-state index in [9.17, 15) is 14.4 Å². The minimum atomic E-state index is -0.733. The molecule has 3 N–H and O–H groups in total. The van der Waals surface area contributed by atoms with Crippen molar-refractivity contribution < 1.29 is 9.53 Å². The summed E-state index contributed by atoms with van der Waals surface area (Å²) < 4.78 is 4.99. The van der Waals surface area contributed by atoms with Crippen LogP contribution in [0.4, 0.5) is 5.82 Å². The average molecular weight is 256 g/mol. The Balaban J connectivity index is 2.64. The average Bonchev–Trinajstić information content (AvgIpc) is 2.29. The fourth-order valence-electron chi connectivity index (χ4n) is 1.08. The molecule has 0 aliphatic carbocycles. The fourth-order valence-corrected chi connectivity index (χ4v) is 1.08. The summed E-state index contributed by atoms with van der Waals surface area (Å²) in [6, 6.07) is -0.733. The summed E-state index contributed by atoms with van der Waals surface area (Å²) >= 11 is 0. The van der Waals surface area contributed by atoms with Crippen LogP contribution in [-0.2, 0) is 9.53 Å². The van der Waals surface area contributed by atoms with Crippen LogP contribution >= 0.6 is 0 Å². The molecule has 100 valence electrons. The van der Waals surface area contributed by atoms with Gasteiger partial charge in [-0.15, -0.1) is 5.10 Å². The van der Waals surface area contributed by atoms with Crippen molar-refractivity contribution in [2.24, 2.45) is 5.92 Å². The SMILES string of the molecule is CC(C)COC(=O)[C@H](C)Nc1n[nH]c(=O)[nH]c1=O. The van der Waals surface area contributed by atoms with Gasteiger partial charge in [0.1, 0.15) is 6.04 Å². The summed E-state index contributed by atoms with van der Waals surface area (Å²) in [4.78, 5) is 35.6. The van der Waals surface area contributed by atoms with Crippen LogP contribution in [0, 0.1) is 5.92 Å². The lowest BCUT2D eigenvalue weighted by molar-refractivity contribution is -0.145. The van der Waals surface area contributed by atoms with Crippen molar-refractivity contribution in [2.75, 3.05) is 11.9 Å². The monoisotopic (exact) mass is 256 g/mol. The molecule has 0 unspecified atom stereocenters. The Morgan fingerprint density at radius 2 is 2.06 bits per heavy atom. The topological polar surface area (TPSA) is 117 Å². The van der Waals surface area contributed by atoms with Crippen molar-refractivity contribution in [3.8, 4) is 0 Å². The van der Waals surface area contributed by atoms with E-state index in [0.29, 0.717) is 6.61 Å². The van der Waals surface area contributed by atoms with Crippen LogP contribution in [0.15, 0.2) is 9.59 Å². The first-order valence-corrected chi connectivity index (χ1v) is 5.52. The lowest BCUT2D eigenvalue weighted by atomic mass is 10.2. The van der Waals surface area contributed by atoms with Crippen molar-refractivity contribution in [3.05, 3.63) is 20.8 Å². The van der Waals surface area contributed by atoms with Crippen LogP contribution in [0.5, 0.6) is 0 Å². The molecular formula is C10H16N4O4. The molecule has 0 aliphatic rings. The summed E-state index contributed by atoms with van der Waals surface area (Å²) in [6.07, 6.45) is 0. The highest BCUT2D eigenvalue weighted by Crippen LogP contribution is 1.99. The molecule has 0 saturated carbocycles. The second kappa shape index (κ2) is 5.99. The van der Waals surface area contributed by atoms with E-state index in [0.717, 1.165) is 0 Å². The highest BCUT2D eigenvalue weighted by atomic mass is 16.5. The number of esters is 1. The number of aromatic amines is 2. The van der Waals surface area contributed by atoms with Gasteiger partial charge in [0, 0.05) is 0 Å². The van der Waals surface area contributed by atoms with Crippen LogP contribution in [0.25, 0.3) is 0 Å². The minimum absolute atomic E-state index is 0.136. The van der Waals surface area contributed by atoms with Crippen LogP contribution in [0.2, 0.25) is 0 Å². The third-order valence-electron chi connectivity index (χ3n) is 1.98. The summed E-state index contributed by atoms with van der Waals surface area (Å²) in [7, 11) is 0. The van der Waals surface area contributed by atoms with Gasteiger partial charge in [-0.3, -0.25) is 9.78 Å². The number of hydrogen-bond acceptors (Lipinski definition) is 6. The molecule has 0 radical (unpaired) electrons. The molecule has 1 rings (SSSR count). The first kappa shape index (κ1) is 13.9. The molecule has 0 saturated heterocycles. The number of H-pyrrole nitrogens is 2. The van der Waals surface area contributed by atoms with Gasteiger partial charge in [-0.25, -0.2) is 14.7 Å². The highest BCUT2D eigenvalue weighted by Gasteiger charge is 2.16. The Hall–Kier alpha value is -2.12. The molecule has 1 aromatic heterocycles. The third kappa shape index (κ3) is 4.04. The number of hydrogen-bond donors (Lipinski definition) is 3. The Morgan fingerprint density at radius 3 is 2.61 bits per heavy atom. The molecule has 0 aliphatic heterocycles. The molecule has 0 fully saturated rings. The lowest BCUT2D eigenvalue weighted by Gasteiger charge is -2.13. The van der Waals surface area contributed by atoms with Crippen LogP contribution < -0.4 is 16.6 Å². The van der Waals surface area contributed by atoms with Gasteiger partial charge in [-0.1, -0.05) is 13.8 Å². The Morgan fingerprint density at radius 1 is 1.39 bits per heavy atom. The Labute approximate surface area is 103 Å². The molecular weight excluding hydrogens is 240 g/mol. The van der Waals surface area contributed by atoms with Gasteiger partial charge in [0.2, 0.25) is 5.82 Å². The van der Waals surface area contributed by atoms with Crippen molar-refractivity contribution in [1.82, 2.24) is 15.2 Å². The lowest BCUT2D eigenvalue weighted by Crippen LogP contribution is -2.34. The number of carbonyl (C=O) groups excluding carboxylic acids is 1. The molecule has 8 heteroatoms. The maximum Gasteiger partial charge on any atom is 0.342 e. The Bertz CT molecular complexity index is 519. The van der Waals surface area contributed by atoms with Gasteiger partial charge in [0.15, 0.2) is 0 Å². The van der Waals surface area contributed by atoms with Crippen LogP contribution in [-0.4, -0.2) is 33.8 Å². The molecule has 18 heavy (non-hydrogen) atoms. The second-order valence-electron chi connectivity index (χ2n) is 4.25. The zero-order valence-electron chi connectivity index (χ0n) is 10.4. The van der Waals surface area contributed by atoms with Crippen molar-refractivity contribution in [3.63, 3.8) is 0 Å². The van der Waals surface area contributed by atoms with Gasteiger partial charge in [-0.05, 0) is 12.8 Å². The Kier molecular flexibility index (Phi) is 4.64. The number of nitrogens with one attached hydrogen (secondary N) is 3. The standard InChI is InChI=1S/C10H16N4O4/c1-5(2)4-18-9(16)6(3)11-7-8(15)12-10(17)14-13-7/h5-6H,4H2,1-3H3,(H,11,13)(H2,12,14,15,17)/t6-/m0/s1. The number of ether oxygens (including phenoxy) is 1. The zero-order valence-corrected chi connectivity index (χ0v) is 10.4. The third-order valence-corrected chi connectivity index (χ3v) is 1.98. The fraction of sp³-hybridized carbons (Fsp3) is 0.600. The van der Waals surface area contributed by atoms with Gasteiger partial charge in [0.25, 0.3) is 5.56 Å². The van der Waals surface area contributed by atoms with E-state index in [1.54, 1.807) is 0 Å². The van der Waals surface area contributed by atoms with Gasteiger partial charge >= 0.3 is 11.7 Å². The van der Waals surface area contributed by atoms with Crippen LogP contribution in [0.1, 0.15) is 20.8 Å². The number of anilines is 1. The zero-order chi connectivity index (χ0) is 13.7. The van der Waals surface area contributed by atoms with Gasteiger partial charge in [-0.2, -0.15) is 0 Å². The molecule has 1 heterocycles. The molecule has 0 bridgehead atoms. The first-order chi connectivity index (χ1) is 8.40. The van der Waals surface area contributed by atoms with Crippen molar-refractivity contribution >= 4 is 11.8 Å². The summed E-state index contributed by atoms with van der Waals surface area (Å²) in [5.41, 5.74) is -1.40. The molecule has 1 aromatic rings. The normalized spacial score (nSPS) is 12.2. The van der Waals surface area contributed by atoms with E-state index in [1.165, 1.54) is 6.92 Å². The number of carbonyl (C=O) groups is 1. The quantitative estimate of drug-likeness (QED) is 0.609.